The Kier molecular flexibility index (Phi) is 6.35. The van der Waals surface area contributed by atoms with Crippen LogP contribution in [0.3, 0.4) is 0 Å². The molecule has 1 N–H and O–H groups in total. The van der Waals surface area contributed by atoms with E-state index in [4.69, 9.17) is 9.47 Å². The van der Waals surface area contributed by atoms with Gasteiger partial charge in [-0.3, -0.25) is 14.5 Å². The number of rotatable bonds is 6. The van der Waals surface area contributed by atoms with E-state index in [0.29, 0.717) is 26.3 Å². The molecular weight excluding hydrogens is 423 g/mol. The smallest absolute Gasteiger partial charge is 0.295 e. The largest absolute Gasteiger partial charge is 0.507 e. The van der Waals surface area contributed by atoms with E-state index >= 15 is 0 Å². The number of thiophene rings is 1. The molecule has 4 rings (SSSR count). The molecule has 3 heterocycles. The Morgan fingerprint density at radius 1 is 1.26 bits per heavy atom. The van der Waals surface area contributed by atoms with Gasteiger partial charge in [0, 0.05) is 36.6 Å². The number of likely N-dealkylation sites (tertiary alicyclic amines) is 1. The second-order valence-electron chi connectivity index (χ2n) is 7.31. The summed E-state index contributed by atoms with van der Waals surface area (Å²) < 4.78 is 24.5. The predicted molar refractivity (Wildman–Crippen MR) is 114 cm³/mol. The minimum Gasteiger partial charge on any atom is -0.507 e. The van der Waals surface area contributed by atoms with E-state index in [1.165, 1.54) is 35.5 Å². The normalized spacial score (nSPS) is 21.6. The van der Waals surface area contributed by atoms with Crippen LogP contribution in [-0.4, -0.2) is 73.1 Å². The van der Waals surface area contributed by atoms with Gasteiger partial charge in [0.25, 0.3) is 11.7 Å². The molecule has 31 heavy (non-hydrogen) atoms. The zero-order valence-corrected chi connectivity index (χ0v) is 17.9. The molecule has 2 fully saturated rings. The van der Waals surface area contributed by atoms with E-state index in [1.807, 2.05) is 17.5 Å². The second-order valence-corrected chi connectivity index (χ2v) is 8.29. The zero-order chi connectivity index (χ0) is 22.0. The summed E-state index contributed by atoms with van der Waals surface area (Å²) in [7, 11) is 1.34. The molecule has 2 aliphatic heterocycles. The van der Waals surface area contributed by atoms with Gasteiger partial charge in [-0.2, -0.15) is 0 Å². The molecular formula is C22H23FN2O5S. The van der Waals surface area contributed by atoms with Gasteiger partial charge in [-0.05, 0) is 29.6 Å². The topological polar surface area (TPSA) is 79.3 Å². The first-order chi connectivity index (χ1) is 15.0. The number of Topliss-reactive ketones (excluding diaryl/α,β-unsaturated/α-hetero) is 1. The van der Waals surface area contributed by atoms with Gasteiger partial charge in [0.2, 0.25) is 0 Å². The molecule has 9 heteroatoms. The van der Waals surface area contributed by atoms with Crippen LogP contribution in [0.5, 0.6) is 5.75 Å². The number of halogens is 1. The average Bonchev–Trinajstić information content (AvgIpc) is 3.40. The summed E-state index contributed by atoms with van der Waals surface area (Å²) in [5.74, 6) is -2.47. The standard InChI is InChI=1S/C22H23FN2O5S/c1-29-16-5-4-14(13-15(16)23)20(26)18-19(17-3-2-12-31-17)25(22(28)21(18)27)7-6-24-8-10-30-11-9-24/h2-5,12-13,19,26H,6-11H2,1H3/b20-18+/t19-/m0/s1. The molecule has 7 nitrogen and oxygen atoms in total. The molecule has 1 amide bonds. The number of amides is 1. The number of benzene rings is 1. The maximum Gasteiger partial charge on any atom is 0.295 e. The van der Waals surface area contributed by atoms with Crippen LogP contribution in [0.25, 0.3) is 5.76 Å². The van der Waals surface area contributed by atoms with Crippen molar-refractivity contribution in [2.24, 2.45) is 0 Å². The number of aliphatic hydroxyl groups excluding tert-OH is 1. The van der Waals surface area contributed by atoms with Crippen molar-refractivity contribution in [1.82, 2.24) is 9.80 Å². The predicted octanol–water partition coefficient (Wildman–Crippen LogP) is 2.65. The van der Waals surface area contributed by atoms with Crippen molar-refractivity contribution in [3.05, 3.63) is 57.5 Å². The average molecular weight is 447 g/mol. The molecule has 0 spiro atoms. The van der Waals surface area contributed by atoms with Gasteiger partial charge in [0.1, 0.15) is 5.76 Å². The monoisotopic (exact) mass is 446 g/mol. The quantitative estimate of drug-likeness (QED) is 0.418. The van der Waals surface area contributed by atoms with E-state index in [1.54, 1.807) is 0 Å². The van der Waals surface area contributed by atoms with Gasteiger partial charge in [-0.15, -0.1) is 11.3 Å². The van der Waals surface area contributed by atoms with Gasteiger partial charge < -0.3 is 19.5 Å². The van der Waals surface area contributed by atoms with Crippen molar-refractivity contribution in [2.75, 3.05) is 46.5 Å². The minimum absolute atomic E-state index is 0.0253. The fourth-order valence-corrected chi connectivity index (χ4v) is 4.74. The SMILES string of the molecule is COc1ccc(/C(O)=C2\C(=O)C(=O)N(CCN3CCOCC3)[C@H]2c2cccs2)cc1F. The van der Waals surface area contributed by atoms with Crippen molar-refractivity contribution >= 4 is 28.8 Å². The molecule has 1 aromatic heterocycles. The van der Waals surface area contributed by atoms with E-state index in [0.717, 1.165) is 24.0 Å². The van der Waals surface area contributed by atoms with Gasteiger partial charge in [0.05, 0.1) is 31.9 Å². The molecule has 0 radical (unpaired) electrons. The van der Waals surface area contributed by atoms with Gasteiger partial charge in [0.15, 0.2) is 11.6 Å². The van der Waals surface area contributed by atoms with Crippen LogP contribution in [0.1, 0.15) is 16.5 Å². The van der Waals surface area contributed by atoms with E-state index in [9.17, 15) is 19.1 Å². The van der Waals surface area contributed by atoms with Crippen LogP contribution in [0.15, 0.2) is 41.3 Å². The summed E-state index contributed by atoms with van der Waals surface area (Å²) >= 11 is 1.40. The lowest BCUT2D eigenvalue weighted by Crippen LogP contribution is -2.42. The molecule has 2 aromatic rings. The number of ether oxygens (including phenoxy) is 2. The number of aliphatic hydroxyl groups is 1. The second kappa shape index (κ2) is 9.17. The third kappa shape index (κ3) is 4.21. The first-order valence-corrected chi connectivity index (χ1v) is 10.8. The Balaban J connectivity index is 1.70. The van der Waals surface area contributed by atoms with Gasteiger partial charge in [-0.1, -0.05) is 6.07 Å². The summed E-state index contributed by atoms with van der Waals surface area (Å²) in [5, 5.41) is 12.8. The number of carbonyl (C=O) groups is 2. The van der Waals surface area contributed by atoms with Crippen LogP contribution in [0.4, 0.5) is 4.39 Å². The fourth-order valence-electron chi connectivity index (χ4n) is 3.90. The number of hydrogen-bond acceptors (Lipinski definition) is 7. The third-order valence-electron chi connectivity index (χ3n) is 5.54. The molecule has 2 aliphatic rings. The maximum atomic E-state index is 14.2. The molecule has 1 aromatic carbocycles. The highest BCUT2D eigenvalue weighted by atomic mass is 32.1. The molecule has 2 saturated heterocycles. The molecule has 0 unspecified atom stereocenters. The highest BCUT2D eigenvalue weighted by Gasteiger charge is 2.46. The third-order valence-corrected chi connectivity index (χ3v) is 6.46. The summed E-state index contributed by atoms with van der Waals surface area (Å²) in [6.07, 6.45) is 0. The lowest BCUT2D eigenvalue weighted by Gasteiger charge is -2.30. The van der Waals surface area contributed by atoms with E-state index in [-0.39, 0.29) is 16.9 Å². The Morgan fingerprint density at radius 3 is 2.68 bits per heavy atom. The molecule has 1 atom stereocenters. The van der Waals surface area contributed by atoms with Crippen LogP contribution >= 0.6 is 11.3 Å². The summed E-state index contributed by atoms with van der Waals surface area (Å²) in [5.41, 5.74) is 0.0880. The van der Waals surface area contributed by atoms with Crippen molar-refractivity contribution < 1.29 is 28.6 Å². The lowest BCUT2D eigenvalue weighted by atomic mass is 9.99. The van der Waals surface area contributed by atoms with Crippen molar-refractivity contribution in [3.63, 3.8) is 0 Å². The Bertz CT molecular complexity index is 1000. The maximum absolute atomic E-state index is 14.2. The molecule has 164 valence electrons. The highest BCUT2D eigenvalue weighted by molar-refractivity contribution is 7.10. The number of methoxy groups -OCH3 is 1. The first-order valence-electron chi connectivity index (χ1n) is 9.97. The summed E-state index contributed by atoms with van der Waals surface area (Å²) in [6.45, 7) is 3.72. The van der Waals surface area contributed by atoms with Crippen molar-refractivity contribution in [1.29, 1.82) is 0 Å². The van der Waals surface area contributed by atoms with Gasteiger partial charge >= 0.3 is 0 Å². The van der Waals surface area contributed by atoms with Gasteiger partial charge in [-0.25, -0.2) is 4.39 Å². The fraction of sp³-hybridized carbons (Fsp3) is 0.364. The first kappa shape index (κ1) is 21.5. The number of ketones is 1. The number of carbonyl (C=O) groups excluding carboxylic acids is 2. The molecule has 0 saturated carbocycles. The van der Waals surface area contributed by atoms with Crippen LogP contribution < -0.4 is 4.74 Å². The number of morpholine rings is 1. The summed E-state index contributed by atoms with van der Waals surface area (Å²) in [4.78, 5) is 30.3. The Morgan fingerprint density at radius 2 is 2.03 bits per heavy atom. The molecule has 0 bridgehead atoms. The van der Waals surface area contributed by atoms with E-state index < -0.39 is 29.3 Å². The van der Waals surface area contributed by atoms with E-state index in [2.05, 4.69) is 4.90 Å². The van der Waals surface area contributed by atoms with Crippen LogP contribution in [0.2, 0.25) is 0 Å². The highest BCUT2D eigenvalue weighted by Crippen LogP contribution is 2.41. The molecule has 0 aliphatic carbocycles. The Labute approximate surface area is 183 Å². The van der Waals surface area contributed by atoms with Crippen molar-refractivity contribution in [2.45, 2.75) is 6.04 Å². The van der Waals surface area contributed by atoms with Crippen LogP contribution in [0, 0.1) is 5.82 Å². The Hall–Kier alpha value is -2.75. The summed E-state index contributed by atoms with van der Waals surface area (Å²) in [6, 6.07) is 6.87. The van der Waals surface area contributed by atoms with Crippen molar-refractivity contribution in [3.8, 4) is 5.75 Å². The minimum atomic E-state index is -0.769. The number of nitrogens with zero attached hydrogens (tertiary/aromatic N) is 2. The zero-order valence-electron chi connectivity index (χ0n) is 17.0. The van der Waals surface area contributed by atoms with Crippen LogP contribution in [-0.2, 0) is 14.3 Å². The number of hydrogen-bond donors (Lipinski definition) is 1. The lowest BCUT2D eigenvalue weighted by molar-refractivity contribution is -0.140.